The molecule has 0 aromatic heterocycles. The number of fused-ring (bicyclic) bond motifs is 1. The van der Waals surface area contributed by atoms with Crippen LogP contribution in [0, 0.1) is 0 Å². The van der Waals surface area contributed by atoms with Crippen molar-refractivity contribution in [2.45, 2.75) is 126 Å². The van der Waals surface area contributed by atoms with E-state index in [2.05, 4.69) is 69.9 Å². The zero-order valence-electron chi connectivity index (χ0n) is 26.6. The molecule has 3 saturated heterocycles. The molecule has 0 aromatic carbocycles. The minimum atomic E-state index is -2.37. The molecule has 0 radical (unpaired) electrons. The van der Waals surface area contributed by atoms with Crippen molar-refractivity contribution in [2.75, 3.05) is 52.6 Å². The molecule has 3 rings (SSSR count). The first-order valence-corrected chi connectivity index (χ1v) is 24.6. The van der Waals surface area contributed by atoms with Crippen molar-refractivity contribution < 1.29 is 29.3 Å². The molecule has 3 aliphatic heterocycles. The Kier molecular flexibility index (Phi) is 12.9. The van der Waals surface area contributed by atoms with Gasteiger partial charge in [0.15, 0.2) is 8.32 Å². The van der Waals surface area contributed by atoms with E-state index in [4.69, 9.17) is 8.85 Å². The van der Waals surface area contributed by atoms with Crippen LogP contribution in [-0.2, 0) is 8.85 Å². The summed E-state index contributed by atoms with van der Waals surface area (Å²) < 4.78 is 14.7. The van der Waals surface area contributed by atoms with Crippen LogP contribution in [0.5, 0.6) is 0 Å². The van der Waals surface area contributed by atoms with Crippen molar-refractivity contribution >= 4 is 24.7 Å². The van der Waals surface area contributed by atoms with E-state index in [1.54, 1.807) is 0 Å². The predicted molar refractivity (Wildman–Crippen MR) is 168 cm³/mol. The molecule has 3 heterocycles. The topological polar surface area (TPSA) is 106 Å². The summed E-state index contributed by atoms with van der Waals surface area (Å²) in [7, 11) is -6.49. The Hall–Kier alpha value is 0.331. The highest BCUT2D eigenvalue weighted by Gasteiger charge is 2.72. The van der Waals surface area contributed by atoms with E-state index < -0.39 is 24.7 Å². The molecule has 8 nitrogen and oxygen atoms in total. The summed E-state index contributed by atoms with van der Waals surface area (Å²) in [6, 6.07) is 1.33. The Morgan fingerprint density at radius 3 is 1.87 bits per heavy atom. The van der Waals surface area contributed by atoms with Crippen LogP contribution in [0.2, 0.25) is 50.4 Å². The second kappa shape index (κ2) is 14.2. The number of hydrogen-bond donors (Lipinski definition) is 4. The maximum atomic E-state index is 10.3. The van der Waals surface area contributed by atoms with Gasteiger partial charge in [-0.05, 0) is 77.4 Å². The van der Waals surface area contributed by atoms with Crippen molar-refractivity contribution in [1.82, 2.24) is 9.80 Å². The van der Waals surface area contributed by atoms with Gasteiger partial charge < -0.3 is 29.3 Å². The van der Waals surface area contributed by atoms with Crippen LogP contribution in [-0.4, -0.2) is 131 Å². The molecule has 2 bridgehead atoms. The van der Waals surface area contributed by atoms with Gasteiger partial charge in [0, 0.05) is 35.9 Å². The molecule has 0 saturated carbocycles. The molecular weight excluding hydrogens is 545 g/mol. The fourth-order valence-corrected chi connectivity index (χ4v) is 22.2. The number of rotatable bonds is 20. The summed E-state index contributed by atoms with van der Waals surface area (Å²) in [5.74, 6) is 0. The maximum Gasteiger partial charge on any atom is 0.216 e. The van der Waals surface area contributed by atoms with Gasteiger partial charge in [-0.3, -0.25) is 9.80 Å². The van der Waals surface area contributed by atoms with Gasteiger partial charge in [0.2, 0.25) is 8.32 Å². The Morgan fingerprint density at radius 1 is 0.897 bits per heavy atom. The largest absolute Gasteiger partial charge is 0.415 e. The van der Waals surface area contributed by atoms with Crippen LogP contribution >= 0.6 is 0 Å². The Balaban J connectivity index is 2.23. The van der Waals surface area contributed by atoms with Gasteiger partial charge >= 0.3 is 0 Å². The molecule has 3 fully saturated rings. The van der Waals surface area contributed by atoms with Crippen LogP contribution in [0.25, 0.3) is 0 Å². The normalized spacial score (nSPS) is 26.8. The van der Waals surface area contributed by atoms with Crippen LogP contribution in [0.3, 0.4) is 0 Å². The molecule has 39 heavy (non-hydrogen) atoms. The third kappa shape index (κ3) is 6.79. The zero-order valence-corrected chi connectivity index (χ0v) is 29.6. The molecule has 0 spiro atoms. The molecule has 3 atom stereocenters. The molecular formula is C28H62N2O6Si3. The highest BCUT2D eigenvalue weighted by Crippen LogP contribution is 2.66. The lowest BCUT2D eigenvalue weighted by atomic mass is 9.83. The quantitative estimate of drug-likeness (QED) is 0.156. The highest BCUT2D eigenvalue weighted by atomic mass is 28.4. The molecule has 3 unspecified atom stereocenters. The minimum absolute atomic E-state index is 0.00731. The summed E-state index contributed by atoms with van der Waals surface area (Å²) in [5.41, 5.74) is 0.152. The third-order valence-electron chi connectivity index (χ3n) is 10.7. The number of nitrogens with zero attached hydrogens (tertiary/aromatic N) is 2. The van der Waals surface area contributed by atoms with Gasteiger partial charge in [-0.1, -0.05) is 33.9 Å². The smallest absolute Gasteiger partial charge is 0.216 e. The zero-order chi connectivity index (χ0) is 29.7. The maximum absolute atomic E-state index is 10.3. The summed E-state index contributed by atoms with van der Waals surface area (Å²) in [6.45, 7) is 24.6. The molecule has 0 amide bonds. The van der Waals surface area contributed by atoms with E-state index in [1.165, 1.54) is 0 Å². The number of aliphatic hydroxyl groups is 4. The van der Waals surface area contributed by atoms with E-state index in [-0.39, 0.29) is 54.5 Å². The van der Waals surface area contributed by atoms with E-state index >= 15 is 0 Å². The van der Waals surface area contributed by atoms with Crippen molar-refractivity contribution in [2.24, 2.45) is 0 Å². The first-order chi connectivity index (χ1) is 18.2. The monoisotopic (exact) mass is 606 g/mol. The fraction of sp³-hybridized carbons (Fsp3) is 1.00. The molecule has 0 aromatic rings. The summed E-state index contributed by atoms with van der Waals surface area (Å²) >= 11 is 0. The van der Waals surface area contributed by atoms with Gasteiger partial charge in [-0.15, -0.1) is 0 Å². The van der Waals surface area contributed by atoms with E-state index in [9.17, 15) is 20.4 Å². The van der Waals surface area contributed by atoms with E-state index in [0.29, 0.717) is 13.1 Å². The van der Waals surface area contributed by atoms with Gasteiger partial charge in [0.25, 0.3) is 0 Å². The molecule has 11 heteroatoms. The van der Waals surface area contributed by atoms with Crippen LogP contribution in [0.15, 0.2) is 0 Å². The lowest BCUT2D eigenvalue weighted by Crippen LogP contribution is -2.75. The standard InChI is InChI=1S/C28H62N2O6Si3/c1-10-26(38(6,7)28-14-16-30(24(28)22-33)25(28)23-34)35-39(8,9)27(11-2,12-3)36-37(4,5)21-13-15-29(17-19-31)18-20-32/h24-26,31-34H,10-23H2,1-9H3. The molecule has 0 aliphatic carbocycles. The van der Waals surface area contributed by atoms with Crippen molar-refractivity contribution in [3.63, 3.8) is 0 Å². The molecule has 4 N–H and O–H groups in total. The minimum Gasteiger partial charge on any atom is -0.415 e. The van der Waals surface area contributed by atoms with Gasteiger partial charge in [-0.25, -0.2) is 0 Å². The highest BCUT2D eigenvalue weighted by molar-refractivity contribution is 6.84. The first kappa shape index (κ1) is 35.5. The molecule has 3 aliphatic rings. The average molecular weight is 607 g/mol. The van der Waals surface area contributed by atoms with Gasteiger partial charge in [0.05, 0.1) is 39.7 Å². The summed E-state index contributed by atoms with van der Waals surface area (Å²) in [5, 5.41) is 39.1. The number of hydrogen-bond acceptors (Lipinski definition) is 8. The Bertz CT molecular complexity index is 735. The van der Waals surface area contributed by atoms with Gasteiger partial charge in [-0.2, -0.15) is 0 Å². The SMILES string of the molecule is CCC(O[Si](C)(C)C(CC)(CC)O[Si](C)(C)CCCN(CCO)CCO)[Si](C)(C)C12CCN(C1CO)C2CO. The molecule has 232 valence electrons. The van der Waals surface area contributed by atoms with Crippen LogP contribution in [0.4, 0.5) is 0 Å². The second-order valence-electron chi connectivity index (χ2n) is 13.6. The first-order valence-electron chi connectivity index (χ1n) is 15.5. The lowest BCUT2D eigenvalue weighted by molar-refractivity contribution is -0.0355. The van der Waals surface area contributed by atoms with Crippen molar-refractivity contribution in [3.8, 4) is 0 Å². The van der Waals surface area contributed by atoms with Crippen molar-refractivity contribution in [3.05, 3.63) is 0 Å². The Morgan fingerprint density at radius 2 is 1.44 bits per heavy atom. The lowest BCUT2D eigenvalue weighted by Gasteiger charge is -2.64. The van der Waals surface area contributed by atoms with E-state index in [1.807, 2.05) is 0 Å². The predicted octanol–water partition coefficient (Wildman–Crippen LogP) is 3.41. The Labute approximate surface area is 242 Å². The number of aliphatic hydroxyl groups excluding tert-OH is 4. The fourth-order valence-electron chi connectivity index (χ4n) is 8.42. The van der Waals surface area contributed by atoms with Gasteiger partial charge in [0.1, 0.15) is 0 Å². The van der Waals surface area contributed by atoms with Crippen LogP contribution in [0.1, 0.15) is 52.9 Å². The summed E-state index contributed by atoms with van der Waals surface area (Å²) in [4.78, 5) is 4.45. The summed E-state index contributed by atoms with van der Waals surface area (Å²) in [6.07, 6.45) is 4.85. The van der Waals surface area contributed by atoms with Crippen molar-refractivity contribution in [1.29, 1.82) is 0 Å². The average Bonchev–Trinajstić information content (AvgIpc) is 3.46. The second-order valence-corrected chi connectivity index (χ2v) is 27.0. The van der Waals surface area contributed by atoms with E-state index in [0.717, 1.165) is 51.2 Å². The van der Waals surface area contributed by atoms with Crippen LogP contribution < -0.4 is 0 Å². The third-order valence-corrected chi connectivity index (χ3v) is 23.0.